The molecule has 32 heavy (non-hydrogen) atoms. The zero-order chi connectivity index (χ0) is 22.8. The average molecular weight is 443 g/mol. The van der Waals surface area contributed by atoms with E-state index in [2.05, 4.69) is 20.9 Å². The van der Waals surface area contributed by atoms with E-state index < -0.39 is 12.0 Å². The Morgan fingerprint density at radius 1 is 1.09 bits per heavy atom. The third-order valence-electron chi connectivity index (χ3n) is 6.14. The molecule has 1 saturated heterocycles. The molecule has 0 saturated carbocycles. The number of rotatable bonds is 12. The summed E-state index contributed by atoms with van der Waals surface area (Å²) in [6.07, 6.45) is 6.37. The van der Waals surface area contributed by atoms with E-state index in [9.17, 15) is 19.5 Å². The summed E-state index contributed by atoms with van der Waals surface area (Å²) < 4.78 is 0. The van der Waals surface area contributed by atoms with Crippen LogP contribution >= 0.6 is 0 Å². The molecule has 1 aliphatic heterocycles. The van der Waals surface area contributed by atoms with E-state index in [0.29, 0.717) is 25.3 Å². The minimum Gasteiger partial charge on any atom is -0.481 e. The molecule has 0 unspecified atom stereocenters. The van der Waals surface area contributed by atoms with Gasteiger partial charge < -0.3 is 26.0 Å². The lowest BCUT2D eigenvalue weighted by molar-refractivity contribution is -0.138. The molecule has 2 amide bonds. The number of hydrogen-bond acceptors (Lipinski definition) is 4. The van der Waals surface area contributed by atoms with Crippen molar-refractivity contribution in [2.75, 3.05) is 19.6 Å². The highest BCUT2D eigenvalue weighted by molar-refractivity contribution is 5.84. The van der Waals surface area contributed by atoms with Crippen LogP contribution in [0.1, 0.15) is 50.5 Å². The number of nitrogens with one attached hydrogen (secondary N) is 4. The van der Waals surface area contributed by atoms with Crippen LogP contribution in [-0.2, 0) is 20.8 Å². The van der Waals surface area contributed by atoms with Crippen LogP contribution in [0.3, 0.4) is 0 Å². The van der Waals surface area contributed by atoms with Gasteiger partial charge in [0.2, 0.25) is 11.8 Å². The highest BCUT2D eigenvalue weighted by Gasteiger charge is 2.18. The lowest BCUT2D eigenvalue weighted by Crippen LogP contribution is -2.37. The van der Waals surface area contributed by atoms with E-state index >= 15 is 0 Å². The highest BCUT2D eigenvalue weighted by atomic mass is 16.4. The fourth-order valence-corrected chi connectivity index (χ4v) is 4.31. The lowest BCUT2D eigenvalue weighted by Gasteiger charge is -2.22. The van der Waals surface area contributed by atoms with Crippen molar-refractivity contribution in [2.24, 2.45) is 5.92 Å². The van der Waals surface area contributed by atoms with Gasteiger partial charge in [-0.2, -0.15) is 0 Å². The Morgan fingerprint density at radius 3 is 2.62 bits per heavy atom. The van der Waals surface area contributed by atoms with Crippen LogP contribution in [0.15, 0.2) is 30.5 Å². The maximum atomic E-state index is 12.3. The monoisotopic (exact) mass is 442 g/mol. The zero-order valence-electron chi connectivity index (χ0n) is 18.5. The van der Waals surface area contributed by atoms with Crippen LogP contribution in [0, 0.1) is 5.92 Å². The maximum absolute atomic E-state index is 12.3. The Morgan fingerprint density at radius 2 is 1.84 bits per heavy atom. The minimum atomic E-state index is -0.954. The number of benzene rings is 1. The predicted molar refractivity (Wildman–Crippen MR) is 123 cm³/mol. The number of carboxylic acid groups (broad SMARTS) is 1. The first kappa shape index (κ1) is 23.8. The van der Waals surface area contributed by atoms with Gasteiger partial charge in [0.1, 0.15) is 0 Å². The molecule has 2 aromatic rings. The summed E-state index contributed by atoms with van der Waals surface area (Å²) in [5, 5.41) is 19.4. The fraction of sp³-hybridized carbons (Fsp3) is 0.542. The fourth-order valence-electron chi connectivity index (χ4n) is 4.31. The molecular formula is C24H34N4O4. The van der Waals surface area contributed by atoms with E-state index in [-0.39, 0.29) is 31.1 Å². The summed E-state index contributed by atoms with van der Waals surface area (Å²) in [6.45, 7) is 2.71. The molecule has 0 aliphatic carbocycles. The standard InChI is InChI=1S/C24H34N4O4/c29-22(26-14-11-17-9-12-25-13-10-17)7-8-23(30)28-19(15-24(31)32)6-5-18-16-27-21-4-2-1-3-20(18)21/h1-4,16-17,19,25,27H,5-15H2,(H,26,29)(H,28,30)(H,31,32)/t19-/m1/s1. The van der Waals surface area contributed by atoms with Crippen LogP contribution in [0.2, 0.25) is 0 Å². The first-order valence-corrected chi connectivity index (χ1v) is 11.5. The van der Waals surface area contributed by atoms with Gasteiger partial charge in [0, 0.05) is 42.5 Å². The van der Waals surface area contributed by atoms with Crippen molar-refractivity contribution >= 4 is 28.7 Å². The Bertz CT molecular complexity index is 904. The number of para-hydroxylation sites is 1. The average Bonchev–Trinajstić information content (AvgIpc) is 3.19. The number of hydrogen-bond donors (Lipinski definition) is 5. The molecule has 2 heterocycles. The summed E-state index contributed by atoms with van der Waals surface area (Å²) in [4.78, 5) is 38.9. The number of carbonyl (C=O) groups excluding carboxylic acids is 2. The first-order chi connectivity index (χ1) is 15.5. The third-order valence-corrected chi connectivity index (χ3v) is 6.14. The molecule has 0 radical (unpaired) electrons. The summed E-state index contributed by atoms with van der Waals surface area (Å²) in [5.74, 6) is -0.731. The van der Waals surface area contributed by atoms with Gasteiger partial charge in [-0.05, 0) is 62.7 Å². The van der Waals surface area contributed by atoms with Crippen molar-refractivity contribution in [3.63, 3.8) is 0 Å². The van der Waals surface area contributed by atoms with Crippen LogP contribution in [-0.4, -0.2) is 53.6 Å². The van der Waals surface area contributed by atoms with E-state index in [0.717, 1.165) is 48.8 Å². The number of aryl methyl sites for hydroxylation is 1. The van der Waals surface area contributed by atoms with Crippen molar-refractivity contribution in [3.8, 4) is 0 Å². The van der Waals surface area contributed by atoms with Crippen LogP contribution < -0.4 is 16.0 Å². The van der Waals surface area contributed by atoms with Gasteiger partial charge in [0.15, 0.2) is 0 Å². The third kappa shape index (κ3) is 7.67. The zero-order valence-corrected chi connectivity index (χ0v) is 18.5. The van der Waals surface area contributed by atoms with Crippen molar-refractivity contribution in [3.05, 3.63) is 36.0 Å². The number of aromatic nitrogens is 1. The number of carboxylic acids is 1. The molecule has 1 aliphatic rings. The Kier molecular flexibility index (Phi) is 9.10. The quantitative estimate of drug-likeness (QED) is 0.345. The van der Waals surface area contributed by atoms with Gasteiger partial charge in [0.05, 0.1) is 6.42 Å². The Labute approximate surface area is 188 Å². The van der Waals surface area contributed by atoms with Gasteiger partial charge in [0.25, 0.3) is 0 Å². The Balaban J connectivity index is 1.39. The SMILES string of the molecule is O=C(O)C[C@@H](CCc1c[nH]c2ccccc12)NC(=O)CCC(=O)NCCC1CCNCC1. The number of carbonyl (C=O) groups is 3. The second kappa shape index (κ2) is 12.2. The van der Waals surface area contributed by atoms with Crippen molar-refractivity contribution in [1.29, 1.82) is 0 Å². The second-order valence-corrected chi connectivity index (χ2v) is 8.59. The van der Waals surface area contributed by atoms with E-state index in [1.807, 2.05) is 30.5 Å². The van der Waals surface area contributed by atoms with Crippen LogP contribution in [0.5, 0.6) is 0 Å². The van der Waals surface area contributed by atoms with E-state index in [1.54, 1.807) is 0 Å². The summed E-state index contributed by atoms with van der Waals surface area (Å²) in [7, 11) is 0. The molecule has 0 bridgehead atoms. The smallest absolute Gasteiger partial charge is 0.305 e. The predicted octanol–water partition coefficient (Wildman–Crippen LogP) is 2.35. The number of H-pyrrole nitrogens is 1. The topological polar surface area (TPSA) is 123 Å². The van der Waals surface area contributed by atoms with E-state index in [4.69, 9.17) is 0 Å². The van der Waals surface area contributed by atoms with Gasteiger partial charge in [-0.3, -0.25) is 14.4 Å². The minimum absolute atomic E-state index is 0.0579. The van der Waals surface area contributed by atoms with Gasteiger partial charge in [-0.15, -0.1) is 0 Å². The number of aliphatic carboxylic acids is 1. The highest BCUT2D eigenvalue weighted by Crippen LogP contribution is 2.20. The van der Waals surface area contributed by atoms with Gasteiger partial charge >= 0.3 is 5.97 Å². The number of fused-ring (bicyclic) bond motifs is 1. The molecule has 174 valence electrons. The Hall–Kier alpha value is -2.87. The van der Waals surface area contributed by atoms with Crippen molar-refractivity contribution < 1.29 is 19.5 Å². The van der Waals surface area contributed by atoms with Crippen molar-refractivity contribution in [2.45, 2.75) is 57.4 Å². The lowest BCUT2D eigenvalue weighted by atomic mass is 9.95. The largest absolute Gasteiger partial charge is 0.481 e. The number of aromatic amines is 1. The second-order valence-electron chi connectivity index (χ2n) is 8.59. The van der Waals surface area contributed by atoms with Crippen LogP contribution in [0.4, 0.5) is 0 Å². The van der Waals surface area contributed by atoms with Crippen LogP contribution in [0.25, 0.3) is 10.9 Å². The molecular weight excluding hydrogens is 408 g/mol. The summed E-state index contributed by atoms with van der Waals surface area (Å²) >= 11 is 0. The molecule has 8 heteroatoms. The normalized spacial score (nSPS) is 15.4. The molecule has 1 aromatic carbocycles. The first-order valence-electron chi connectivity index (χ1n) is 11.5. The molecule has 3 rings (SSSR count). The van der Waals surface area contributed by atoms with Crippen molar-refractivity contribution in [1.82, 2.24) is 20.9 Å². The molecule has 8 nitrogen and oxygen atoms in total. The van der Waals surface area contributed by atoms with Gasteiger partial charge in [-0.25, -0.2) is 0 Å². The molecule has 1 aromatic heterocycles. The number of amides is 2. The van der Waals surface area contributed by atoms with Gasteiger partial charge in [-0.1, -0.05) is 18.2 Å². The van der Waals surface area contributed by atoms with E-state index in [1.165, 1.54) is 0 Å². The molecule has 1 atom stereocenters. The number of piperidine rings is 1. The maximum Gasteiger partial charge on any atom is 0.305 e. The summed E-state index contributed by atoms with van der Waals surface area (Å²) in [6, 6.07) is 7.46. The molecule has 5 N–H and O–H groups in total. The summed E-state index contributed by atoms with van der Waals surface area (Å²) in [5.41, 5.74) is 2.13. The molecule has 0 spiro atoms. The molecule has 1 fully saturated rings.